The molecule has 1 aliphatic heterocycles. The lowest BCUT2D eigenvalue weighted by molar-refractivity contribution is -0.118. The van der Waals surface area contributed by atoms with E-state index in [1.807, 2.05) is 19.0 Å². The van der Waals surface area contributed by atoms with Crippen LogP contribution in [0.5, 0.6) is 5.75 Å². The number of sulfonamides is 1. The molecular weight excluding hydrogens is 282 g/mol. The third-order valence-electron chi connectivity index (χ3n) is 2.75. The van der Waals surface area contributed by atoms with Crippen molar-refractivity contribution in [2.24, 2.45) is 0 Å². The highest BCUT2D eigenvalue weighted by atomic mass is 32.2. The highest BCUT2D eigenvalue weighted by Crippen LogP contribution is 2.29. The molecule has 0 radical (unpaired) electrons. The molecule has 7 nitrogen and oxygen atoms in total. The molecule has 1 aliphatic rings. The molecule has 110 valence electrons. The lowest BCUT2D eigenvalue weighted by atomic mass is 10.2. The lowest BCUT2D eigenvalue weighted by Crippen LogP contribution is -2.31. The summed E-state index contributed by atoms with van der Waals surface area (Å²) < 4.78 is 31.9. The molecule has 1 aromatic rings. The van der Waals surface area contributed by atoms with E-state index in [0.29, 0.717) is 24.5 Å². The number of anilines is 1. The molecule has 0 saturated carbocycles. The number of hydrogen-bond acceptors (Lipinski definition) is 5. The molecule has 20 heavy (non-hydrogen) atoms. The minimum atomic E-state index is -3.59. The van der Waals surface area contributed by atoms with Gasteiger partial charge in [0.05, 0.1) is 10.6 Å². The van der Waals surface area contributed by atoms with Crippen LogP contribution in [0.3, 0.4) is 0 Å². The summed E-state index contributed by atoms with van der Waals surface area (Å²) in [4.78, 5) is 13.2. The topological polar surface area (TPSA) is 87.7 Å². The van der Waals surface area contributed by atoms with Crippen molar-refractivity contribution >= 4 is 21.6 Å². The maximum absolute atomic E-state index is 12.1. The van der Waals surface area contributed by atoms with Crippen molar-refractivity contribution in [1.82, 2.24) is 9.62 Å². The zero-order chi connectivity index (χ0) is 14.8. The summed E-state index contributed by atoms with van der Waals surface area (Å²) in [6, 6.07) is 4.38. The van der Waals surface area contributed by atoms with Gasteiger partial charge >= 0.3 is 0 Å². The van der Waals surface area contributed by atoms with Crippen LogP contribution in [0.2, 0.25) is 0 Å². The molecule has 0 aromatic heterocycles. The number of fused-ring (bicyclic) bond motifs is 1. The zero-order valence-electron chi connectivity index (χ0n) is 11.3. The molecule has 0 saturated heterocycles. The van der Waals surface area contributed by atoms with E-state index in [0.717, 1.165) is 0 Å². The van der Waals surface area contributed by atoms with Gasteiger partial charge in [0.2, 0.25) is 10.0 Å². The number of rotatable bonds is 5. The largest absolute Gasteiger partial charge is 0.482 e. The molecular formula is C12H17N3O4S. The van der Waals surface area contributed by atoms with E-state index in [1.54, 1.807) is 0 Å². The Hall–Kier alpha value is -1.64. The number of ether oxygens (including phenoxy) is 1. The molecule has 1 heterocycles. The van der Waals surface area contributed by atoms with Crippen molar-refractivity contribution in [2.45, 2.75) is 4.90 Å². The van der Waals surface area contributed by atoms with Crippen LogP contribution in [-0.4, -0.2) is 53.0 Å². The minimum Gasteiger partial charge on any atom is -0.482 e. The first kappa shape index (κ1) is 14.8. The van der Waals surface area contributed by atoms with E-state index in [1.165, 1.54) is 18.2 Å². The normalized spacial score (nSPS) is 14.7. The predicted molar refractivity (Wildman–Crippen MR) is 74.3 cm³/mol. The molecule has 0 fully saturated rings. The Labute approximate surface area is 118 Å². The number of amides is 1. The average Bonchev–Trinajstić information content (AvgIpc) is 2.37. The van der Waals surface area contributed by atoms with Crippen LogP contribution >= 0.6 is 0 Å². The van der Waals surface area contributed by atoms with E-state index in [2.05, 4.69) is 10.0 Å². The van der Waals surface area contributed by atoms with Crippen LogP contribution < -0.4 is 14.8 Å². The second kappa shape index (κ2) is 5.78. The fourth-order valence-electron chi connectivity index (χ4n) is 1.72. The molecule has 1 aromatic carbocycles. The van der Waals surface area contributed by atoms with Crippen molar-refractivity contribution in [3.63, 3.8) is 0 Å². The van der Waals surface area contributed by atoms with E-state index in [-0.39, 0.29) is 17.4 Å². The Morgan fingerprint density at radius 2 is 2.15 bits per heavy atom. The Morgan fingerprint density at radius 1 is 1.40 bits per heavy atom. The van der Waals surface area contributed by atoms with Crippen LogP contribution in [0.25, 0.3) is 0 Å². The molecule has 1 amide bonds. The van der Waals surface area contributed by atoms with Gasteiger partial charge in [0.1, 0.15) is 5.75 Å². The Balaban J connectivity index is 2.16. The number of carbonyl (C=O) groups is 1. The van der Waals surface area contributed by atoms with Crippen molar-refractivity contribution in [3.8, 4) is 5.75 Å². The van der Waals surface area contributed by atoms with Gasteiger partial charge in [-0.3, -0.25) is 4.79 Å². The number of benzene rings is 1. The Bertz CT molecular complexity index is 613. The summed E-state index contributed by atoms with van der Waals surface area (Å²) in [5.41, 5.74) is 0.372. The van der Waals surface area contributed by atoms with E-state index < -0.39 is 10.0 Å². The second-order valence-electron chi connectivity index (χ2n) is 4.70. The van der Waals surface area contributed by atoms with Gasteiger partial charge in [0, 0.05) is 13.1 Å². The maximum atomic E-state index is 12.1. The summed E-state index contributed by atoms with van der Waals surface area (Å²) in [6.07, 6.45) is 0. The number of hydrogen-bond donors (Lipinski definition) is 2. The quantitative estimate of drug-likeness (QED) is 0.790. The molecule has 0 unspecified atom stereocenters. The van der Waals surface area contributed by atoms with Crippen molar-refractivity contribution in [2.75, 3.05) is 39.1 Å². The standard InChI is InChI=1S/C12H17N3O4S/c1-15(2)6-5-13-20(17,18)9-3-4-11-10(7-9)14-12(16)8-19-11/h3-4,7,13H,5-6,8H2,1-2H3,(H,14,16). The van der Waals surface area contributed by atoms with Crippen LogP contribution in [0, 0.1) is 0 Å². The number of nitrogens with zero attached hydrogens (tertiary/aromatic N) is 1. The van der Waals surface area contributed by atoms with Crippen LogP contribution in [0.1, 0.15) is 0 Å². The van der Waals surface area contributed by atoms with Crippen molar-refractivity contribution in [1.29, 1.82) is 0 Å². The van der Waals surface area contributed by atoms with Crippen LogP contribution in [0.15, 0.2) is 23.1 Å². The van der Waals surface area contributed by atoms with Crippen molar-refractivity contribution in [3.05, 3.63) is 18.2 Å². The van der Waals surface area contributed by atoms with Gasteiger partial charge in [0.25, 0.3) is 5.91 Å². The van der Waals surface area contributed by atoms with E-state index in [4.69, 9.17) is 4.74 Å². The van der Waals surface area contributed by atoms with Gasteiger partial charge in [0.15, 0.2) is 6.61 Å². The molecule has 2 N–H and O–H groups in total. The van der Waals surface area contributed by atoms with Gasteiger partial charge in [-0.05, 0) is 32.3 Å². The smallest absolute Gasteiger partial charge is 0.262 e. The highest BCUT2D eigenvalue weighted by molar-refractivity contribution is 7.89. The first-order valence-electron chi connectivity index (χ1n) is 6.09. The predicted octanol–water partition coefficient (Wildman–Crippen LogP) is -0.143. The maximum Gasteiger partial charge on any atom is 0.262 e. The fraction of sp³-hybridized carbons (Fsp3) is 0.417. The molecule has 0 aliphatic carbocycles. The molecule has 0 bridgehead atoms. The number of nitrogens with one attached hydrogen (secondary N) is 2. The third kappa shape index (κ3) is 3.47. The Morgan fingerprint density at radius 3 is 2.85 bits per heavy atom. The Kier molecular flexibility index (Phi) is 4.26. The highest BCUT2D eigenvalue weighted by Gasteiger charge is 2.20. The lowest BCUT2D eigenvalue weighted by Gasteiger charge is -2.18. The fourth-order valence-corrected chi connectivity index (χ4v) is 2.76. The first-order valence-corrected chi connectivity index (χ1v) is 7.58. The van der Waals surface area contributed by atoms with Crippen molar-refractivity contribution < 1.29 is 17.9 Å². The summed E-state index contributed by atoms with van der Waals surface area (Å²) in [7, 11) is 0.132. The minimum absolute atomic E-state index is 0.0554. The number of likely N-dealkylation sites (N-methyl/N-ethyl adjacent to an activating group) is 1. The van der Waals surface area contributed by atoms with Crippen LogP contribution in [-0.2, 0) is 14.8 Å². The van der Waals surface area contributed by atoms with E-state index >= 15 is 0 Å². The average molecular weight is 299 g/mol. The molecule has 0 atom stereocenters. The van der Waals surface area contributed by atoms with E-state index in [9.17, 15) is 13.2 Å². The van der Waals surface area contributed by atoms with Crippen LogP contribution in [0.4, 0.5) is 5.69 Å². The summed E-state index contributed by atoms with van der Waals surface area (Å²) in [6.45, 7) is 0.861. The summed E-state index contributed by atoms with van der Waals surface area (Å²) in [5.74, 6) is 0.171. The van der Waals surface area contributed by atoms with Gasteiger partial charge < -0.3 is 15.0 Å². The third-order valence-corrected chi connectivity index (χ3v) is 4.20. The second-order valence-corrected chi connectivity index (χ2v) is 6.46. The zero-order valence-corrected chi connectivity index (χ0v) is 12.2. The monoisotopic (exact) mass is 299 g/mol. The molecule has 0 spiro atoms. The molecule has 8 heteroatoms. The SMILES string of the molecule is CN(C)CCNS(=O)(=O)c1ccc2c(c1)NC(=O)CO2. The first-order chi connectivity index (χ1) is 9.38. The summed E-state index contributed by atoms with van der Waals surface area (Å²) in [5, 5.41) is 2.58. The van der Waals surface area contributed by atoms with Gasteiger partial charge in [-0.25, -0.2) is 13.1 Å². The van der Waals surface area contributed by atoms with Gasteiger partial charge in [-0.15, -0.1) is 0 Å². The summed E-state index contributed by atoms with van der Waals surface area (Å²) >= 11 is 0. The molecule has 2 rings (SSSR count). The van der Waals surface area contributed by atoms with Gasteiger partial charge in [-0.1, -0.05) is 0 Å². The number of carbonyl (C=O) groups excluding carboxylic acids is 1. The van der Waals surface area contributed by atoms with Gasteiger partial charge in [-0.2, -0.15) is 0 Å².